The van der Waals surface area contributed by atoms with Gasteiger partial charge in [-0.05, 0) is 44.2 Å². The second-order valence-corrected chi connectivity index (χ2v) is 6.14. The standard InChI is InChI=1S/C13H27F3N2/c1-12(2,3)10-11(17)6-9-18-8-5-4-7-13(14,15)16/h11,18H,4-10,17H2,1-3H3. The van der Waals surface area contributed by atoms with E-state index in [0.29, 0.717) is 13.0 Å². The van der Waals surface area contributed by atoms with Gasteiger partial charge in [0, 0.05) is 12.5 Å². The fraction of sp³-hybridized carbons (Fsp3) is 1.00. The van der Waals surface area contributed by atoms with E-state index >= 15 is 0 Å². The molecule has 0 aliphatic carbocycles. The maximum Gasteiger partial charge on any atom is 0.389 e. The van der Waals surface area contributed by atoms with Crippen LogP contribution in [0, 0.1) is 5.41 Å². The van der Waals surface area contributed by atoms with Crippen LogP contribution in [0.25, 0.3) is 0 Å². The van der Waals surface area contributed by atoms with Crippen molar-refractivity contribution in [2.24, 2.45) is 11.1 Å². The van der Waals surface area contributed by atoms with Crippen molar-refractivity contribution in [3.05, 3.63) is 0 Å². The average molecular weight is 268 g/mol. The van der Waals surface area contributed by atoms with Crippen molar-refractivity contribution in [1.29, 1.82) is 0 Å². The van der Waals surface area contributed by atoms with E-state index in [4.69, 9.17) is 5.73 Å². The second-order valence-electron chi connectivity index (χ2n) is 6.14. The Morgan fingerprint density at radius 3 is 2.17 bits per heavy atom. The Kier molecular flexibility index (Phi) is 7.87. The maximum atomic E-state index is 11.9. The van der Waals surface area contributed by atoms with E-state index < -0.39 is 12.6 Å². The summed E-state index contributed by atoms with van der Waals surface area (Å²) in [5.41, 5.74) is 6.20. The Morgan fingerprint density at radius 1 is 1.06 bits per heavy atom. The highest BCUT2D eigenvalue weighted by Gasteiger charge is 2.25. The zero-order valence-corrected chi connectivity index (χ0v) is 11.7. The number of alkyl halides is 3. The number of rotatable bonds is 8. The molecule has 0 aliphatic rings. The first-order valence-electron chi connectivity index (χ1n) is 6.63. The lowest BCUT2D eigenvalue weighted by atomic mass is 9.87. The molecule has 0 aliphatic heterocycles. The highest BCUT2D eigenvalue weighted by Crippen LogP contribution is 2.22. The first-order chi connectivity index (χ1) is 8.10. The SMILES string of the molecule is CC(C)(C)CC(N)CCNCCCCC(F)(F)F. The fourth-order valence-electron chi connectivity index (χ4n) is 1.88. The van der Waals surface area contributed by atoms with Crippen molar-refractivity contribution < 1.29 is 13.2 Å². The van der Waals surface area contributed by atoms with Crippen LogP contribution in [0.4, 0.5) is 13.2 Å². The van der Waals surface area contributed by atoms with Crippen molar-refractivity contribution in [3.63, 3.8) is 0 Å². The number of nitrogens with two attached hydrogens (primary N) is 1. The molecule has 2 nitrogen and oxygen atoms in total. The van der Waals surface area contributed by atoms with Crippen LogP contribution in [0.1, 0.15) is 52.9 Å². The Bertz CT molecular complexity index is 209. The Hall–Kier alpha value is -0.290. The van der Waals surface area contributed by atoms with Crippen molar-refractivity contribution in [2.75, 3.05) is 13.1 Å². The van der Waals surface area contributed by atoms with Crippen LogP contribution in [0.15, 0.2) is 0 Å². The molecule has 0 fully saturated rings. The third-order valence-corrected chi connectivity index (χ3v) is 2.63. The molecule has 0 saturated heterocycles. The zero-order chi connectivity index (χ0) is 14.2. The highest BCUT2D eigenvalue weighted by atomic mass is 19.4. The normalized spacial score (nSPS) is 14.8. The van der Waals surface area contributed by atoms with E-state index in [-0.39, 0.29) is 17.9 Å². The van der Waals surface area contributed by atoms with Crippen LogP contribution in [0.5, 0.6) is 0 Å². The summed E-state index contributed by atoms with van der Waals surface area (Å²) < 4.78 is 35.6. The fourth-order valence-corrected chi connectivity index (χ4v) is 1.88. The molecule has 0 aromatic rings. The van der Waals surface area contributed by atoms with E-state index in [1.165, 1.54) is 0 Å². The van der Waals surface area contributed by atoms with Crippen molar-refractivity contribution in [1.82, 2.24) is 5.32 Å². The first-order valence-corrected chi connectivity index (χ1v) is 6.63. The molecular formula is C13H27F3N2. The van der Waals surface area contributed by atoms with Gasteiger partial charge in [-0.15, -0.1) is 0 Å². The summed E-state index contributed by atoms with van der Waals surface area (Å²) in [5, 5.41) is 3.14. The predicted molar refractivity (Wildman–Crippen MR) is 69.4 cm³/mol. The van der Waals surface area contributed by atoms with Gasteiger partial charge in [-0.3, -0.25) is 0 Å². The minimum atomic E-state index is -4.02. The summed E-state index contributed by atoms with van der Waals surface area (Å²) in [5.74, 6) is 0. The van der Waals surface area contributed by atoms with Gasteiger partial charge in [0.15, 0.2) is 0 Å². The molecule has 0 aromatic heterocycles. The van der Waals surface area contributed by atoms with E-state index in [2.05, 4.69) is 26.1 Å². The lowest BCUT2D eigenvalue weighted by Crippen LogP contribution is -2.30. The summed E-state index contributed by atoms with van der Waals surface area (Å²) in [6.45, 7) is 7.87. The molecule has 0 heterocycles. The van der Waals surface area contributed by atoms with Crippen LogP contribution in [-0.2, 0) is 0 Å². The van der Waals surface area contributed by atoms with Crippen molar-refractivity contribution >= 4 is 0 Å². The molecule has 0 amide bonds. The van der Waals surface area contributed by atoms with Crippen LogP contribution in [0.3, 0.4) is 0 Å². The van der Waals surface area contributed by atoms with Gasteiger partial charge in [0.2, 0.25) is 0 Å². The first kappa shape index (κ1) is 17.7. The summed E-state index contributed by atoms with van der Waals surface area (Å²) >= 11 is 0. The van der Waals surface area contributed by atoms with Crippen molar-refractivity contribution in [3.8, 4) is 0 Å². The molecule has 0 spiro atoms. The monoisotopic (exact) mass is 268 g/mol. The largest absolute Gasteiger partial charge is 0.389 e. The predicted octanol–water partition coefficient (Wildman–Crippen LogP) is 3.46. The topological polar surface area (TPSA) is 38.0 Å². The van der Waals surface area contributed by atoms with Gasteiger partial charge in [-0.25, -0.2) is 0 Å². The number of nitrogens with one attached hydrogen (secondary N) is 1. The van der Waals surface area contributed by atoms with Crippen LogP contribution in [0.2, 0.25) is 0 Å². The molecule has 1 unspecified atom stereocenters. The van der Waals surface area contributed by atoms with Gasteiger partial charge in [-0.1, -0.05) is 20.8 Å². The number of hydrogen-bond donors (Lipinski definition) is 2. The van der Waals surface area contributed by atoms with Gasteiger partial charge >= 0.3 is 6.18 Å². The third-order valence-electron chi connectivity index (χ3n) is 2.63. The summed E-state index contributed by atoms with van der Waals surface area (Å²) in [7, 11) is 0. The summed E-state index contributed by atoms with van der Waals surface area (Å²) in [6.07, 6.45) is -2.11. The van der Waals surface area contributed by atoms with Crippen LogP contribution < -0.4 is 11.1 Å². The summed E-state index contributed by atoms with van der Waals surface area (Å²) in [6, 6.07) is 0.160. The number of unbranched alkanes of at least 4 members (excludes halogenated alkanes) is 1. The highest BCUT2D eigenvalue weighted by molar-refractivity contribution is 4.72. The molecule has 0 radical (unpaired) electrons. The van der Waals surface area contributed by atoms with Gasteiger partial charge in [-0.2, -0.15) is 13.2 Å². The van der Waals surface area contributed by atoms with Crippen molar-refractivity contribution in [2.45, 2.75) is 65.1 Å². The van der Waals surface area contributed by atoms with Crippen LogP contribution in [-0.4, -0.2) is 25.3 Å². The van der Waals surface area contributed by atoms with Gasteiger partial charge < -0.3 is 11.1 Å². The lowest BCUT2D eigenvalue weighted by Gasteiger charge is -2.23. The molecule has 0 rings (SSSR count). The zero-order valence-electron chi connectivity index (χ0n) is 11.7. The van der Waals surface area contributed by atoms with Gasteiger partial charge in [0.05, 0.1) is 0 Å². The minimum Gasteiger partial charge on any atom is -0.328 e. The molecule has 18 heavy (non-hydrogen) atoms. The molecular weight excluding hydrogens is 241 g/mol. The minimum absolute atomic E-state index is 0.160. The maximum absolute atomic E-state index is 11.9. The molecule has 5 heteroatoms. The van der Waals surface area contributed by atoms with Gasteiger partial charge in [0.1, 0.15) is 0 Å². The van der Waals surface area contributed by atoms with E-state index in [1.807, 2.05) is 0 Å². The van der Waals surface area contributed by atoms with Gasteiger partial charge in [0.25, 0.3) is 0 Å². The average Bonchev–Trinajstić information content (AvgIpc) is 2.11. The smallest absolute Gasteiger partial charge is 0.328 e. The molecule has 3 N–H and O–H groups in total. The lowest BCUT2D eigenvalue weighted by molar-refractivity contribution is -0.135. The van der Waals surface area contributed by atoms with E-state index in [1.54, 1.807) is 0 Å². The molecule has 1 atom stereocenters. The molecule has 0 saturated carbocycles. The molecule has 0 bridgehead atoms. The Labute approximate surface area is 109 Å². The Balaban J connectivity index is 3.36. The third kappa shape index (κ3) is 13.8. The Morgan fingerprint density at radius 2 is 1.67 bits per heavy atom. The number of hydrogen-bond acceptors (Lipinski definition) is 2. The van der Waals surface area contributed by atoms with Crippen LogP contribution >= 0.6 is 0 Å². The second kappa shape index (κ2) is 8.00. The summed E-state index contributed by atoms with van der Waals surface area (Å²) in [4.78, 5) is 0. The van der Waals surface area contributed by atoms with E-state index in [9.17, 15) is 13.2 Å². The molecule has 0 aromatic carbocycles. The quantitative estimate of drug-likeness (QED) is 0.662. The molecule has 110 valence electrons. The number of halogens is 3. The van der Waals surface area contributed by atoms with E-state index in [0.717, 1.165) is 19.4 Å².